The minimum atomic E-state index is -0.626. The van der Waals surface area contributed by atoms with Crippen LogP contribution in [0.2, 0.25) is 0 Å². The molecular formula is C12H13O4. The first-order valence-corrected chi connectivity index (χ1v) is 4.82. The van der Waals surface area contributed by atoms with Gasteiger partial charge in [-0.25, -0.2) is 0 Å². The monoisotopic (exact) mass is 221 g/mol. The Morgan fingerprint density at radius 2 is 1.88 bits per heavy atom. The molecule has 0 aliphatic carbocycles. The number of hydrogen-bond acceptors (Lipinski definition) is 4. The smallest absolute Gasteiger partial charge is 0.317 e. The Morgan fingerprint density at radius 3 is 2.38 bits per heavy atom. The Balaban J connectivity index is 2.52. The van der Waals surface area contributed by atoms with E-state index in [1.54, 1.807) is 31.4 Å². The Kier molecular flexibility index (Phi) is 4.51. The molecule has 0 spiro atoms. The summed E-state index contributed by atoms with van der Waals surface area (Å²) in [5.41, 5.74) is 0.773. The first-order valence-electron chi connectivity index (χ1n) is 4.82. The van der Waals surface area contributed by atoms with Crippen LogP contribution in [0.4, 0.5) is 0 Å². The van der Waals surface area contributed by atoms with Crippen LogP contribution >= 0.6 is 0 Å². The summed E-state index contributed by atoms with van der Waals surface area (Å²) in [6.07, 6.45) is 1.27. The summed E-state index contributed by atoms with van der Waals surface area (Å²) in [5, 5.41) is 0. The van der Waals surface area contributed by atoms with E-state index >= 15 is 0 Å². The van der Waals surface area contributed by atoms with Gasteiger partial charge in [0, 0.05) is 0 Å². The second-order valence-corrected chi connectivity index (χ2v) is 3.11. The molecule has 0 atom stereocenters. The van der Waals surface area contributed by atoms with Gasteiger partial charge in [0.2, 0.25) is 0 Å². The van der Waals surface area contributed by atoms with Crippen LogP contribution in [0.25, 0.3) is 0 Å². The topological polar surface area (TPSA) is 52.6 Å². The summed E-state index contributed by atoms with van der Waals surface area (Å²) in [5.74, 6) is -0.470. The van der Waals surface area contributed by atoms with E-state index in [9.17, 15) is 9.59 Å². The third kappa shape index (κ3) is 3.73. The van der Waals surface area contributed by atoms with Crippen molar-refractivity contribution in [2.24, 2.45) is 0 Å². The van der Waals surface area contributed by atoms with Gasteiger partial charge in [-0.15, -0.1) is 0 Å². The molecule has 0 N–H and O–H groups in total. The van der Waals surface area contributed by atoms with Gasteiger partial charge in [0.15, 0.2) is 0 Å². The highest BCUT2D eigenvalue weighted by atomic mass is 16.6. The van der Waals surface area contributed by atoms with Crippen LogP contribution in [0.15, 0.2) is 24.3 Å². The van der Waals surface area contributed by atoms with Crippen LogP contribution in [0.1, 0.15) is 12.5 Å². The standard InChI is InChI=1S/C12H13O4/c1-3-11(13)16-12(14)8-9-4-6-10(15-2)7-5-9/h3-7H,8H2,1-2H3. The third-order valence-corrected chi connectivity index (χ3v) is 1.96. The first-order chi connectivity index (χ1) is 7.65. The number of methoxy groups -OCH3 is 1. The fourth-order valence-electron chi connectivity index (χ4n) is 1.12. The minimum absolute atomic E-state index is 0.0730. The average Bonchev–Trinajstić information content (AvgIpc) is 2.29. The Labute approximate surface area is 94.2 Å². The quantitative estimate of drug-likeness (QED) is 0.571. The van der Waals surface area contributed by atoms with Gasteiger partial charge >= 0.3 is 11.9 Å². The van der Waals surface area contributed by atoms with Crippen LogP contribution in [-0.2, 0) is 20.7 Å². The Bertz CT molecular complexity index is 367. The zero-order valence-electron chi connectivity index (χ0n) is 9.23. The molecule has 1 aromatic carbocycles. The zero-order valence-corrected chi connectivity index (χ0v) is 9.23. The predicted molar refractivity (Wildman–Crippen MR) is 57.8 cm³/mol. The number of hydrogen-bond donors (Lipinski definition) is 0. The van der Waals surface area contributed by atoms with Crippen molar-refractivity contribution in [1.82, 2.24) is 0 Å². The molecule has 1 rings (SSSR count). The molecule has 16 heavy (non-hydrogen) atoms. The summed E-state index contributed by atoms with van der Waals surface area (Å²) in [6, 6.07) is 6.99. The predicted octanol–water partition coefficient (Wildman–Crippen LogP) is 1.53. The van der Waals surface area contributed by atoms with Crippen molar-refractivity contribution in [2.45, 2.75) is 13.3 Å². The maximum Gasteiger partial charge on any atom is 0.317 e. The highest BCUT2D eigenvalue weighted by Crippen LogP contribution is 2.11. The van der Waals surface area contributed by atoms with Crippen LogP contribution < -0.4 is 4.74 Å². The molecule has 0 unspecified atom stereocenters. The van der Waals surface area contributed by atoms with E-state index < -0.39 is 11.9 Å². The Morgan fingerprint density at radius 1 is 1.25 bits per heavy atom. The van der Waals surface area contributed by atoms with Gasteiger partial charge in [-0.3, -0.25) is 9.59 Å². The van der Waals surface area contributed by atoms with Crippen molar-refractivity contribution in [3.63, 3.8) is 0 Å². The second kappa shape index (κ2) is 5.90. The minimum Gasteiger partial charge on any atom is -0.497 e. The number of benzene rings is 1. The van der Waals surface area contributed by atoms with Gasteiger partial charge in [0.25, 0.3) is 0 Å². The molecule has 0 bridgehead atoms. The normalized spacial score (nSPS) is 9.62. The number of ether oxygens (including phenoxy) is 2. The maximum absolute atomic E-state index is 11.2. The molecule has 0 saturated carbocycles. The number of carbonyl (C=O) groups is 2. The van der Waals surface area contributed by atoms with Gasteiger partial charge in [0.1, 0.15) is 5.75 Å². The molecule has 4 nitrogen and oxygen atoms in total. The van der Waals surface area contributed by atoms with Gasteiger partial charge in [-0.1, -0.05) is 19.1 Å². The van der Waals surface area contributed by atoms with Crippen LogP contribution in [0.3, 0.4) is 0 Å². The van der Waals surface area contributed by atoms with E-state index in [2.05, 4.69) is 4.74 Å². The summed E-state index contributed by atoms with van der Waals surface area (Å²) >= 11 is 0. The molecule has 4 heteroatoms. The largest absolute Gasteiger partial charge is 0.497 e. The lowest BCUT2D eigenvalue weighted by Crippen LogP contribution is -2.13. The summed E-state index contributed by atoms with van der Waals surface area (Å²) < 4.78 is 9.48. The van der Waals surface area contributed by atoms with Crippen molar-refractivity contribution in [3.8, 4) is 5.75 Å². The molecule has 0 heterocycles. The van der Waals surface area contributed by atoms with Crippen LogP contribution in [-0.4, -0.2) is 19.0 Å². The molecule has 0 aliphatic heterocycles. The van der Waals surface area contributed by atoms with E-state index in [1.165, 1.54) is 13.3 Å². The first kappa shape index (κ1) is 12.2. The lowest BCUT2D eigenvalue weighted by atomic mass is 10.1. The van der Waals surface area contributed by atoms with Crippen LogP contribution in [0.5, 0.6) is 5.75 Å². The third-order valence-electron chi connectivity index (χ3n) is 1.96. The van der Waals surface area contributed by atoms with E-state index in [0.29, 0.717) is 0 Å². The molecule has 0 amide bonds. The lowest BCUT2D eigenvalue weighted by molar-refractivity contribution is -0.156. The van der Waals surface area contributed by atoms with Gasteiger partial charge in [-0.05, 0) is 17.7 Å². The lowest BCUT2D eigenvalue weighted by Gasteiger charge is -2.03. The van der Waals surface area contributed by atoms with Crippen molar-refractivity contribution >= 4 is 11.9 Å². The second-order valence-electron chi connectivity index (χ2n) is 3.11. The number of rotatable bonds is 4. The Hall–Kier alpha value is -1.84. The van der Waals surface area contributed by atoms with Gasteiger partial charge < -0.3 is 9.47 Å². The molecule has 0 aliphatic rings. The van der Waals surface area contributed by atoms with E-state index in [1.807, 2.05) is 0 Å². The summed E-state index contributed by atoms with van der Waals surface area (Å²) in [6.45, 7) is 1.52. The van der Waals surface area contributed by atoms with Gasteiger partial charge in [-0.2, -0.15) is 0 Å². The fourth-order valence-corrected chi connectivity index (χ4v) is 1.12. The molecular weight excluding hydrogens is 208 g/mol. The highest BCUT2D eigenvalue weighted by Gasteiger charge is 2.09. The van der Waals surface area contributed by atoms with Crippen molar-refractivity contribution in [2.75, 3.05) is 7.11 Å². The maximum atomic E-state index is 11.2. The van der Waals surface area contributed by atoms with Crippen molar-refractivity contribution < 1.29 is 19.1 Å². The van der Waals surface area contributed by atoms with E-state index in [-0.39, 0.29) is 6.42 Å². The molecule has 0 aromatic heterocycles. The molecule has 85 valence electrons. The molecule has 0 fully saturated rings. The van der Waals surface area contributed by atoms with Gasteiger partial charge in [0.05, 0.1) is 20.0 Å². The van der Waals surface area contributed by atoms with Crippen molar-refractivity contribution in [1.29, 1.82) is 0 Å². The highest BCUT2D eigenvalue weighted by molar-refractivity contribution is 5.90. The summed E-state index contributed by atoms with van der Waals surface area (Å²) in [7, 11) is 1.57. The van der Waals surface area contributed by atoms with Crippen molar-refractivity contribution in [3.05, 3.63) is 36.2 Å². The summed E-state index contributed by atoms with van der Waals surface area (Å²) in [4.78, 5) is 22.0. The van der Waals surface area contributed by atoms with E-state index in [0.717, 1.165) is 11.3 Å². The molecule has 1 aromatic rings. The SMILES string of the molecule is C[CH]C(=O)OC(=O)Cc1ccc(OC)cc1. The molecule has 0 saturated heterocycles. The zero-order chi connectivity index (χ0) is 12.0. The number of carbonyl (C=O) groups excluding carboxylic acids is 2. The number of esters is 2. The van der Waals surface area contributed by atoms with Crippen LogP contribution in [0, 0.1) is 6.42 Å². The molecule has 1 radical (unpaired) electrons. The van der Waals surface area contributed by atoms with E-state index in [4.69, 9.17) is 4.74 Å². The fraction of sp³-hybridized carbons (Fsp3) is 0.250. The average molecular weight is 221 g/mol.